The Kier molecular flexibility index (Phi) is 4.32. The number of hydrogen-bond donors (Lipinski definition) is 1. The summed E-state index contributed by atoms with van der Waals surface area (Å²) in [6.07, 6.45) is -3.14. The maximum Gasteiger partial charge on any atom is 0.573 e. The molecule has 7 heteroatoms. The van der Waals surface area contributed by atoms with Gasteiger partial charge in [0.05, 0.1) is 0 Å². The number of pyridine rings is 1. The van der Waals surface area contributed by atoms with Gasteiger partial charge in [0, 0.05) is 18.3 Å². The van der Waals surface area contributed by atoms with E-state index in [4.69, 9.17) is 10.5 Å². The lowest BCUT2D eigenvalue weighted by atomic mass is 10.1. The number of alkyl halides is 3. The number of benzene rings is 1. The van der Waals surface area contributed by atoms with Crippen LogP contribution in [0.25, 0.3) is 0 Å². The van der Waals surface area contributed by atoms with Crippen molar-refractivity contribution >= 4 is 0 Å². The van der Waals surface area contributed by atoms with Crippen molar-refractivity contribution in [1.29, 1.82) is 0 Å². The molecule has 0 aliphatic carbocycles. The number of aryl methyl sites for hydroxylation is 1. The SMILES string of the molecule is Cc1ccnc(Oc2ccc(OC(F)(F)F)cc2)c1CN. The molecule has 1 aromatic carbocycles. The number of aromatic nitrogens is 1. The minimum Gasteiger partial charge on any atom is -0.439 e. The van der Waals surface area contributed by atoms with Gasteiger partial charge in [-0.05, 0) is 42.8 Å². The first-order valence-electron chi connectivity index (χ1n) is 6.07. The maximum absolute atomic E-state index is 12.1. The smallest absolute Gasteiger partial charge is 0.439 e. The lowest BCUT2D eigenvalue weighted by molar-refractivity contribution is -0.274. The summed E-state index contributed by atoms with van der Waals surface area (Å²) in [5.41, 5.74) is 7.31. The van der Waals surface area contributed by atoms with Crippen LogP contribution in [-0.4, -0.2) is 11.3 Å². The van der Waals surface area contributed by atoms with E-state index < -0.39 is 6.36 Å². The standard InChI is InChI=1S/C14H13F3N2O2/c1-9-6-7-19-13(12(9)8-18)20-10-2-4-11(5-3-10)21-14(15,16)17/h2-7H,8,18H2,1H3. The molecule has 2 rings (SSSR count). The van der Waals surface area contributed by atoms with Gasteiger partial charge in [-0.2, -0.15) is 0 Å². The topological polar surface area (TPSA) is 57.4 Å². The highest BCUT2D eigenvalue weighted by molar-refractivity contribution is 5.38. The second-order valence-electron chi connectivity index (χ2n) is 4.24. The van der Waals surface area contributed by atoms with Gasteiger partial charge in [0.2, 0.25) is 5.88 Å². The fourth-order valence-corrected chi connectivity index (χ4v) is 1.72. The summed E-state index contributed by atoms with van der Waals surface area (Å²) in [5, 5.41) is 0. The van der Waals surface area contributed by atoms with Crippen LogP contribution >= 0.6 is 0 Å². The molecule has 0 aliphatic rings. The first kappa shape index (κ1) is 15.1. The van der Waals surface area contributed by atoms with Crippen molar-refractivity contribution in [3.8, 4) is 17.4 Å². The maximum atomic E-state index is 12.1. The molecule has 0 spiro atoms. The quantitative estimate of drug-likeness (QED) is 0.938. The van der Waals surface area contributed by atoms with Gasteiger partial charge < -0.3 is 15.2 Å². The van der Waals surface area contributed by atoms with Gasteiger partial charge in [-0.1, -0.05) is 0 Å². The molecular weight excluding hydrogens is 285 g/mol. The minimum absolute atomic E-state index is 0.254. The zero-order valence-electron chi connectivity index (χ0n) is 11.1. The molecular formula is C14H13F3N2O2. The average molecular weight is 298 g/mol. The average Bonchev–Trinajstić information content (AvgIpc) is 2.40. The summed E-state index contributed by atoms with van der Waals surface area (Å²) in [6.45, 7) is 2.13. The number of rotatable bonds is 4. The molecule has 0 amide bonds. The largest absolute Gasteiger partial charge is 0.573 e. The van der Waals surface area contributed by atoms with Crippen LogP contribution in [0.15, 0.2) is 36.5 Å². The van der Waals surface area contributed by atoms with E-state index in [1.807, 2.05) is 6.92 Å². The molecule has 21 heavy (non-hydrogen) atoms. The van der Waals surface area contributed by atoms with E-state index in [1.165, 1.54) is 24.3 Å². The van der Waals surface area contributed by atoms with Gasteiger partial charge >= 0.3 is 6.36 Å². The summed E-state index contributed by atoms with van der Waals surface area (Å²) < 4.78 is 45.5. The lowest BCUT2D eigenvalue weighted by Crippen LogP contribution is -2.16. The summed E-state index contributed by atoms with van der Waals surface area (Å²) in [4.78, 5) is 4.07. The Morgan fingerprint density at radius 1 is 1.10 bits per heavy atom. The third-order valence-corrected chi connectivity index (χ3v) is 2.73. The van der Waals surface area contributed by atoms with Crippen LogP contribution in [0.5, 0.6) is 17.4 Å². The molecule has 112 valence electrons. The molecule has 0 fully saturated rings. The highest BCUT2D eigenvalue weighted by atomic mass is 19.4. The summed E-state index contributed by atoms with van der Waals surface area (Å²) in [7, 11) is 0. The second-order valence-corrected chi connectivity index (χ2v) is 4.24. The van der Waals surface area contributed by atoms with Gasteiger partial charge in [-0.25, -0.2) is 4.98 Å². The molecule has 0 bridgehead atoms. The minimum atomic E-state index is -4.72. The van der Waals surface area contributed by atoms with Crippen LogP contribution in [0.3, 0.4) is 0 Å². The number of hydrogen-bond acceptors (Lipinski definition) is 4. The predicted octanol–water partition coefficient (Wildman–Crippen LogP) is 3.54. The van der Waals surface area contributed by atoms with Crippen LogP contribution < -0.4 is 15.2 Å². The lowest BCUT2D eigenvalue weighted by Gasteiger charge is -2.12. The molecule has 0 saturated heterocycles. The summed E-state index contributed by atoms with van der Waals surface area (Å²) in [5.74, 6) is 0.366. The highest BCUT2D eigenvalue weighted by Gasteiger charge is 2.30. The zero-order valence-corrected chi connectivity index (χ0v) is 11.1. The van der Waals surface area contributed by atoms with E-state index in [0.29, 0.717) is 11.6 Å². The molecule has 2 N–H and O–H groups in total. The monoisotopic (exact) mass is 298 g/mol. The Hall–Kier alpha value is -2.28. The molecule has 0 radical (unpaired) electrons. The Labute approximate surface area is 119 Å². The van der Waals surface area contributed by atoms with Crippen LogP contribution in [0, 0.1) is 6.92 Å². The van der Waals surface area contributed by atoms with Gasteiger partial charge in [0.1, 0.15) is 11.5 Å². The Morgan fingerprint density at radius 3 is 2.29 bits per heavy atom. The number of nitrogens with two attached hydrogens (primary N) is 1. The van der Waals surface area contributed by atoms with Crippen molar-refractivity contribution in [3.63, 3.8) is 0 Å². The van der Waals surface area contributed by atoms with E-state index in [1.54, 1.807) is 12.3 Å². The van der Waals surface area contributed by atoms with E-state index in [-0.39, 0.29) is 12.3 Å². The van der Waals surface area contributed by atoms with Crippen molar-refractivity contribution in [3.05, 3.63) is 47.7 Å². The molecule has 1 aromatic heterocycles. The first-order chi connectivity index (χ1) is 9.89. The van der Waals surface area contributed by atoms with Crippen LogP contribution in [-0.2, 0) is 6.54 Å². The van der Waals surface area contributed by atoms with Crippen molar-refractivity contribution in [2.75, 3.05) is 0 Å². The fraction of sp³-hybridized carbons (Fsp3) is 0.214. The number of nitrogens with zero attached hydrogens (tertiary/aromatic N) is 1. The Morgan fingerprint density at radius 2 is 1.71 bits per heavy atom. The normalized spacial score (nSPS) is 11.3. The molecule has 2 aromatic rings. The third kappa shape index (κ3) is 4.09. The van der Waals surface area contributed by atoms with Crippen LogP contribution in [0.4, 0.5) is 13.2 Å². The first-order valence-corrected chi connectivity index (χ1v) is 6.07. The van der Waals surface area contributed by atoms with Gasteiger partial charge in [0.15, 0.2) is 0 Å². The van der Waals surface area contributed by atoms with E-state index in [9.17, 15) is 13.2 Å². The zero-order chi connectivity index (χ0) is 15.5. The van der Waals surface area contributed by atoms with E-state index >= 15 is 0 Å². The Balaban J connectivity index is 2.16. The Bertz CT molecular complexity index is 613. The van der Waals surface area contributed by atoms with Crippen LogP contribution in [0.2, 0.25) is 0 Å². The summed E-state index contributed by atoms with van der Waals surface area (Å²) >= 11 is 0. The third-order valence-electron chi connectivity index (χ3n) is 2.73. The highest BCUT2D eigenvalue weighted by Crippen LogP contribution is 2.28. The van der Waals surface area contributed by atoms with Gasteiger partial charge in [0.25, 0.3) is 0 Å². The summed E-state index contributed by atoms with van der Waals surface area (Å²) in [6, 6.07) is 6.87. The van der Waals surface area contributed by atoms with Crippen molar-refractivity contribution in [2.24, 2.45) is 5.73 Å². The van der Waals surface area contributed by atoms with Crippen molar-refractivity contribution in [2.45, 2.75) is 19.8 Å². The van der Waals surface area contributed by atoms with Gasteiger partial charge in [-0.15, -0.1) is 13.2 Å². The molecule has 0 unspecified atom stereocenters. The van der Waals surface area contributed by atoms with E-state index in [0.717, 1.165) is 11.1 Å². The van der Waals surface area contributed by atoms with E-state index in [2.05, 4.69) is 9.72 Å². The molecule has 1 heterocycles. The van der Waals surface area contributed by atoms with Crippen molar-refractivity contribution < 1.29 is 22.6 Å². The number of ether oxygens (including phenoxy) is 2. The molecule has 4 nitrogen and oxygen atoms in total. The fourth-order valence-electron chi connectivity index (χ4n) is 1.72. The molecule has 0 atom stereocenters. The van der Waals surface area contributed by atoms with Gasteiger partial charge in [-0.3, -0.25) is 0 Å². The molecule has 0 saturated carbocycles. The molecule has 0 aliphatic heterocycles. The predicted molar refractivity (Wildman–Crippen MR) is 70.1 cm³/mol. The number of halogens is 3. The van der Waals surface area contributed by atoms with Crippen LogP contribution in [0.1, 0.15) is 11.1 Å². The van der Waals surface area contributed by atoms with Crippen molar-refractivity contribution in [1.82, 2.24) is 4.98 Å². The second kappa shape index (κ2) is 6.01.